The molecule has 0 atom stereocenters. The van der Waals surface area contributed by atoms with Gasteiger partial charge < -0.3 is 5.73 Å². The lowest BCUT2D eigenvalue weighted by Crippen LogP contribution is -1.94. The Balaban J connectivity index is 2.26. The van der Waals surface area contributed by atoms with E-state index >= 15 is 0 Å². The zero-order valence-electron chi connectivity index (χ0n) is 8.34. The number of aromatic nitrogens is 3. The highest BCUT2D eigenvalue weighted by Crippen LogP contribution is 2.29. The van der Waals surface area contributed by atoms with Gasteiger partial charge in [-0.25, -0.2) is 4.98 Å². The van der Waals surface area contributed by atoms with E-state index in [1.807, 2.05) is 13.0 Å². The minimum atomic E-state index is 0.242. The summed E-state index contributed by atoms with van der Waals surface area (Å²) in [5.74, 6) is 0. The molecule has 0 unspecified atom stereocenters. The minimum absolute atomic E-state index is 0.242. The molecule has 0 saturated heterocycles. The number of rotatable bonds is 2. The van der Waals surface area contributed by atoms with Crippen LogP contribution in [0.4, 0.5) is 5.69 Å². The number of aryl methyl sites for hydroxylation is 1. The lowest BCUT2D eigenvalue weighted by molar-refractivity contribution is 0.980. The second-order valence-corrected chi connectivity index (χ2v) is 5.34. The number of nitrogens with zero attached hydrogens (tertiary/aromatic N) is 4. The highest BCUT2D eigenvalue weighted by Gasteiger charge is 2.07. The Morgan fingerprint density at radius 2 is 2.25 bits per heavy atom. The minimum Gasteiger partial charge on any atom is -0.396 e. The summed E-state index contributed by atoms with van der Waals surface area (Å²) in [6.45, 7) is 1.89. The molecule has 2 rings (SSSR count). The smallest absolute Gasteiger partial charge is 0.180 e. The quantitative estimate of drug-likeness (QED) is 0.873. The van der Waals surface area contributed by atoms with Crippen molar-refractivity contribution in [2.45, 2.75) is 16.3 Å². The molecule has 0 aromatic carbocycles. The monoisotopic (exact) mass is 249 g/mol. The van der Waals surface area contributed by atoms with E-state index in [4.69, 9.17) is 11.0 Å². The molecule has 16 heavy (non-hydrogen) atoms. The fourth-order valence-electron chi connectivity index (χ4n) is 1.01. The van der Waals surface area contributed by atoms with Crippen molar-refractivity contribution in [2.75, 3.05) is 5.73 Å². The van der Waals surface area contributed by atoms with Crippen molar-refractivity contribution in [3.8, 4) is 6.07 Å². The Morgan fingerprint density at radius 1 is 1.44 bits per heavy atom. The molecule has 0 saturated carbocycles. The Hall–Kier alpha value is -1.65. The fourth-order valence-corrected chi connectivity index (χ4v) is 2.74. The summed E-state index contributed by atoms with van der Waals surface area (Å²) < 4.78 is 0.804. The molecule has 5 nitrogen and oxygen atoms in total. The standard InChI is InChI=1S/C9H7N5S2/c1-5-13-14-9(15-5)16-8-3-2-6(11)7(4-10)12-8/h2-3H,11H2,1H3. The molecule has 0 spiro atoms. The van der Waals surface area contributed by atoms with E-state index in [1.54, 1.807) is 12.1 Å². The molecule has 2 heterocycles. The molecule has 0 bridgehead atoms. The van der Waals surface area contributed by atoms with Gasteiger partial charge in [0.05, 0.1) is 5.69 Å². The van der Waals surface area contributed by atoms with Crippen molar-refractivity contribution >= 4 is 28.8 Å². The average molecular weight is 249 g/mol. The third kappa shape index (κ3) is 2.29. The van der Waals surface area contributed by atoms with Crippen LogP contribution in [0, 0.1) is 18.3 Å². The number of nitrogens with two attached hydrogens (primary N) is 1. The van der Waals surface area contributed by atoms with Crippen LogP contribution in [0.5, 0.6) is 0 Å². The fraction of sp³-hybridized carbons (Fsp3) is 0.111. The van der Waals surface area contributed by atoms with Crippen LogP contribution < -0.4 is 5.73 Å². The van der Waals surface area contributed by atoms with Gasteiger partial charge in [-0.2, -0.15) is 5.26 Å². The Morgan fingerprint density at radius 3 is 2.88 bits per heavy atom. The van der Waals surface area contributed by atoms with E-state index in [9.17, 15) is 0 Å². The lowest BCUT2D eigenvalue weighted by atomic mass is 10.3. The van der Waals surface area contributed by atoms with Crippen LogP contribution in [0.2, 0.25) is 0 Å². The van der Waals surface area contributed by atoms with Gasteiger partial charge in [-0.3, -0.25) is 0 Å². The zero-order chi connectivity index (χ0) is 11.5. The second-order valence-electron chi connectivity index (χ2n) is 2.89. The van der Waals surface area contributed by atoms with Crippen LogP contribution >= 0.6 is 23.1 Å². The van der Waals surface area contributed by atoms with Gasteiger partial charge >= 0.3 is 0 Å². The maximum absolute atomic E-state index is 8.79. The van der Waals surface area contributed by atoms with Crippen LogP contribution in [0.1, 0.15) is 10.7 Å². The molecule has 0 aliphatic carbocycles. The predicted octanol–water partition coefficient (Wildman–Crippen LogP) is 1.85. The molecule has 2 N–H and O–H groups in total. The van der Waals surface area contributed by atoms with Gasteiger partial charge in [0.15, 0.2) is 10.0 Å². The molecule has 2 aromatic rings. The molecule has 0 aliphatic heterocycles. The lowest BCUT2D eigenvalue weighted by Gasteiger charge is -1.99. The maximum Gasteiger partial charge on any atom is 0.180 e. The van der Waals surface area contributed by atoms with E-state index < -0.39 is 0 Å². The van der Waals surface area contributed by atoms with Crippen LogP contribution in [0.25, 0.3) is 0 Å². The molecule has 0 fully saturated rings. The summed E-state index contributed by atoms with van der Waals surface area (Å²) in [5.41, 5.74) is 6.21. The van der Waals surface area contributed by atoms with Crippen molar-refractivity contribution in [3.63, 3.8) is 0 Å². The van der Waals surface area contributed by atoms with E-state index in [-0.39, 0.29) is 5.69 Å². The van der Waals surface area contributed by atoms with E-state index in [1.165, 1.54) is 23.1 Å². The van der Waals surface area contributed by atoms with Gasteiger partial charge in [0, 0.05) is 0 Å². The van der Waals surface area contributed by atoms with E-state index in [2.05, 4.69) is 15.2 Å². The Bertz CT molecular complexity index is 557. The maximum atomic E-state index is 8.79. The summed E-state index contributed by atoms with van der Waals surface area (Å²) in [4.78, 5) is 4.11. The number of hydrogen-bond donors (Lipinski definition) is 1. The number of nitrogen functional groups attached to an aromatic ring is 1. The van der Waals surface area contributed by atoms with Crippen molar-refractivity contribution in [3.05, 3.63) is 22.8 Å². The Kier molecular flexibility index (Phi) is 3.03. The van der Waals surface area contributed by atoms with E-state index in [0.29, 0.717) is 10.7 Å². The van der Waals surface area contributed by atoms with Crippen LogP contribution in [-0.2, 0) is 0 Å². The van der Waals surface area contributed by atoms with Crippen molar-refractivity contribution in [1.29, 1.82) is 5.26 Å². The topological polar surface area (TPSA) is 88.5 Å². The Labute approximate surface area is 100 Å². The van der Waals surface area contributed by atoms with Crippen molar-refractivity contribution < 1.29 is 0 Å². The third-order valence-corrected chi connectivity index (χ3v) is 3.53. The van der Waals surface area contributed by atoms with E-state index in [0.717, 1.165) is 9.35 Å². The number of hydrogen-bond acceptors (Lipinski definition) is 7. The molecule has 0 radical (unpaired) electrons. The second kappa shape index (κ2) is 4.47. The molecule has 0 aliphatic rings. The predicted molar refractivity (Wildman–Crippen MR) is 62.1 cm³/mol. The summed E-state index contributed by atoms with van der Waals surface area (Å²) in [6.07, 6.45) is 0. The first kappa shape index (κ1) is 10.9. The van der Waals surface area contributed by atoms with Gasteiger partial charge in [0.25, 0.3) is 0 Å². The van der Waals surface area contributed by atoms with Gasteiger partial charge in [-0.05, 0) is 30.8 Å². The van der Waals surface area contributed by atoms with Crippen LogP contribution in [0.15, 0.2) is 21.5 Å². The normalized spacial score (nSPS) is 10.0. The van der Waals surface area contributed by atoms with Gasteiger partial charge in [-0.15, -0.1) is 10.2 Å². The number of anilines is 1. The highest BCUT2D eigenvalue weighted by atomic mass is 32.2. The molecule has 80 valence electrons. The first-order valence-electron chi connectivity index (χ1n) is 4.33. The first-order valence-corrected chi connectivity index (χ1v) is 5.97. The van der Waals surface area contributed by atoms with Gasteiger partial charge in [-0.1, -0.05) is 11.3 Å². The zero-order valence-corrected chi connectivity index (χ0v) is 9.97. The van der Waals surface area contributed by atoms with Crippen molar-refractivity contribution in [1.82, 2.24) is 15.2 Å². The van der Waals surface area contributed by atoms with Crippen molar-refractivity contribution in [2.24, 2.45) is 0 Å². The van der Waals surface area contributed by atoms with Crippen LogP contribution in [0.3, 0.4) is 0 Å². The SMILES string of the molecule is Cc1nnc(Sc2ccc(N)c(C#N)n2)s1. The molecular weight excluding hydrogens is 242 g/mol. The summed E-state index contributed by atoms with van der Waals surface area (Å²) in [6, 6.07) is 5.37. The van der Waals surface area contributed by atoms with Gasteiger partial charge in [0.1, 0.15) is 16.1 Å². The summed E-state index contributed by atoms with van der Waals surface area (Å²) in [7, 11) is 0. The largest absolute Gasteiger partial charge is 0.396 e. The number of nitriles is 1. The molecule has 2 aromatic heterocycles. The summed E-state index contributed by atoms with van der Waals surface area (Å²) >= 11 is 2.86. The molecule has 7 heteroatoms. The average Bonchev–Trinajstić information content (AvgIpc) is 2.67. The third-order valence-electron chi connectivity index (χ3n) is 1.71. The summed E-state index contributed by atoms with van der Waals surface area (Å²) in [5, 5.41) is 18.3. The van der Waals surface area contributed by atoms with Crippen LogP contribution in [-0.4, -0.2) is 15.2 Å². The first-order chi connectivity index (χ1) is 7.69. The molecule has 0 amide bonds. The molecular formula is C9H7N5S2. The van der Waals surface area contributed by atoms with Gasteiger partial charge in [0.2, 0.25) is 0 Å². The number of pyridine rings is 1. The highest BCUT2D eigenvalue weighted by molar-refractivity contribution is 8.01.